The minimum absolute atomic E-state index is 0. The Morgan fingerprint density at radius 1 is 1.26 bits per heavy atom. The molecule has 4 nitrogen and oxygen atoms in total. The molecule has 1 unspecified atom stereocenters. The Kier molecular flexibility index (Phi) is 6.26. The van der Waals surface area contributed by atoms with Crippen molar-refractivity contribution in [3.63, 3.8) is 0 Å². The zero-order valence-electron chi connectivity index (χ0n) is 10.9. The van der Waals surface area contributed by atoms with Crippen molar-refractivity contribution in [1.82, 2.24) is 4.31 Å². The van der Waals surface area contributed by atoms with Crippen LogP contribution in [0.3, 0.4) is 0 Å². The number of aryl methyl sites for hydroxylation is 1. The summed E-state index contributed by atoms with van der Waals surface area (Å²) in [5.41, 5.74) is 6.65. The van der Waals surface area contributed by atoms with E-state index in [4.69, 9.17) is 5.73 Å². The Labute approximate surface area is 121 Å². The molecule has 0 radical (unpaired) electrons. The predicted octanol–water partition coefficient (Wildman–Crippen LogP) is 1.26. The summed E-state index contributed by atoms with van der Waals surface area (Å²) in [5.74, 6) is 0.519. The first-order chi connectivity index (χ1) is 8.62. The van der Waals surface area contributed by atoms with Gasteiger partial charge in [-0.05, 0) is 30.9 Å². The Hall–Kier alpha value is -0.620. The molecule has 1 heterocycles. The summed E-state index contributed by atoms with van der Waals surface area (Å²) in [4.78, 5) is 0. The van der Waals surface area contributed by atoms with Crippen LogP contribution in [0.15, 0.2) is 30.3 Å². The fourth-order valence-electron chi connectivity index (χ4n) is 2.26. The maximum absolute atomic E-state index is 12.2. The predicted molar refractivity (Wildman–Crippen MR) is 79.9 cm³/mol. The van der Waals surface area contributed by atoms with Crippen LogP contribution in [-0.4, -0.2) is 38.1 Å². The molecule has 0 aromatic heterocycles. The van der Waals surface area contributed by atoms with E-state index in [1.54, 1.807) is 4.31 Å². The lowest BCUT2D eigenvalue weighted by atomic mass is 10.1. The molecule has 1 aromatic rings. The van der Waals surface area contributed by atoms with Crippen LogP contribution in [0.4, 0.5) is 0 Å². The van der Waals surface area contributed by atoms with E-state index in [2.05, 4.69) is 0 Å². The summed E-state index contributed by atoms with van der Waals surface area (Å²) in [6.07, 6.45) is 1.47. The molecule has 1 aliphatic heterocycles. The lowest BCUT2D eigenvalue weighted by Crippen LogP contribution is -2.32. The van der Waals surface area contributed by atoms with Gasteiger partial charge in [-0.25, -0.2) is 12.7 Å². The standard InChI is InChI=1S/C13H20N2O2S.ClH/c14-10-13-6-8-15(11-13)18(16,17)9-7-12-4-2-1-3-5-12;/h1-5,13H,6-11,14H2;1H. The molecule has 0 saturated carbocycles. The number of benzene rings is 1. The van der Waals surface area contributed by atoms with Gasteiger partial charge in [0.2, 0.25) is 10.0 Å². The monoisotopic (exact) mass is 304 g/mol. The van der Waals surface area contributed by atoms with Gasteiger partial charge in [0.15, 0.2) is 0 Å². The van der Waals surface area contributed by atoms with Gasteiger partial charge in [-0.3, -0.25) is 0 Å². The van der Waals surface area contributed by atoms with Crippen LogP contribution in [0, 0.1) is 5.92 Å². The summed E-state index contributed by atoms with van der Waals surface area (Å²) in [7, 11) is -3.12. The molecule has 1 saturated heterocycles. The Morgan fingerprint density at radius 3 is 2.53 bits per heavy atom. The van der Waals surface area contributed by atoms with E-state index in [0.717, 1.165) is 12.0 Å². The van der Waals surface area contributed by atoms with Crippen LogP contribution in [-0.2, 0) is 16.4 Å². The Bertz CT molecular complexity index is 479. The minimum atomic E-state index is -3.12. The number of halogens is 1. The topological polar surface area (TPSA) is 63.4 Å². The van der Waals surface area contributed by atoms with Crippen LogP contribution >= 0.6 is 12.4 Å². The molecule has 2 rings (SSSR count). The molecule has 2 N–H and O–H groups in total. The summed E-state index contributed by atoms with van der Waals surface area (Å²) in [6.45, 7) is 1.79. The molecule has 0 amide bonds. The van der Waals surface area contributed by atoms with Crippen molar-refractivity contribution in [2.24, 2.45) is 11.7 Å². The van der Waals surface area contributed by atoms with E-state index in [0.29, 0.717) is 32.0 Å². The first-order valence-electron chi connectivity index (χ1n) is 6.33. The number of nitrogens with two attached hydrogens (primary N) is 1. The van der Waals surface area contributed by atoms with Crippen molar-refractivity contribution in [1.29, 1.82) is 0 Å². The first kappa shape index (κ1) is 16.4. The van der Waals surface area contributed by atoms with Gasteiger partial charge in [0.25, 0.3) is 0 Å². The number of nitrogens with zero attached hydrogens (tertiary/aromatic N) is 1. The number of hydrogen-bond donors (Lipinski definition) is 1. The highest BCUT2D eigenvalue weighted by Crippen LogP contribution is 2.19. The van der Waals surface area contributed by atoms with E-state index < -0.39 is 10.0 Å². The van der Waals surface area contributed by atoms with Crippen molar-refractivity contribution >= 4 is 22.4 Å². The van der Waals surface area contributed by atoms with Crippen molar-refractivity contribution in [3.05, 3.63) is 35.9 Å². The van der Waals surface area contributed by atoms with Crippen LogP contribution in [0.5, 0.6) is 0 Å². The average Bonchev–Trinajstić information content (AvgIpc) is 2.87. The largest absolute Gasteiger partial charge is 0.330 e. The molecule has 0 bridgehead atoms. The molecule has 6 heteroatoms. The lowest BCUT2D eigenvalue weighted by Gasteiger charge is -2.16. The van der Waals surface area contributed by atoms with Crippen LogP contribution in [0.1, 0.15) is 12.0 Å². The molecule has 1 aromatic carbocycles. The van der Waals surface area contributed by atoms with E-state index in [-0.39, 0.29) is 18.2 Å². The summed E-state index contributed by atoms with van der Waals surface area (Å²) in [6, 6.07) is 9.72. The van der Waals surface area contributed by atoms with E-state index >= 15 is 0 Å². The Morgan fingerprint density at radius 2 is 1.95 bits per heavy atom. The van der Waals surface area contributed by atoms with Crippen LogP contribution in [0.25, 0.3) is 0 Å². The lowest BCUT2D eigenvalue weighted by molar-refractivity contribution is 0.459. The van der Waals surface area contributed by atoms with Crippen molar-refractivity contribution in [2.45, 2.75) is 12.8 Å². The maximum atomic E-state index is 12.2. The molecule has 19 heavy (non-hydrogen) atoms. The number of rotatable bonds is 5. The number of hydrogen-bond acceptors (Lipinski definition) is 3. The third-order valence-electron chi connectivity index (χ3n) is 3.47. The van der Waals surface area contributed by atoms with Crippen molar-refractivity contribution in [2.75, 3.05) is 25.4 Å². The molecule has 1 fully saturated rings. The van der Waals surface area contributed by atoms with E-state index in [1.807, 2.05) is 30.3 Å². The summed E-state index contributed by atoms with van der Waals surface area (Å²) < 4.78 is 25.9. The SMILES string of the molecule is Cl.NCC1CCN(S(=O)(=O)CCc2ccccc2)C1. The van der Waals surface area contributed by atoms with Gasteiger partial charge in [0.1, 0.15) is 0 Å². The second-order valence-electron chi connectivity index (χ2n) is 4.80. The zero-order chi connectivity index (χ0) is 13.0. The van der Waals surface area contributed by atoms with Gasteiger partial charge < -0.3 is 5.73 Å². The highest BCUT2D eigenvalue weighted by Gasteiger charge is 2.30. The van der Waals surface area contributed by atoms with Gasteiger partial charge in [-0.15, -0.1) is 12.4 Å². The van der Waals surface area contributed by atoms with Crippen LogP contribution < -0.4 is 5.73 Å². The minimum Gasteiger partial charge on any atom is -0.330 e. The summed E-state index contributed by atoms with van der Waals surface area (Å²) in [5, 5.41) is 0. The third kappa shape index (κ3) is 4.45. The Balaban J connectivity index is 0.00000180. The van der Waals surface area contributed by atoms with Gasteiger partial charge in [-0.1, -0.05) is 30.3 Å². The van der Waals surface area contributed by atoms with Crippen molar-refractivity contribution < 1.29 is 8.42 Å². The highest BCUT2D eigenvalue weighted by molar-refractivity contribution is 7.89. The van der Waals surface area contributed by atoms with Gasteiger partial charge in [-0.2, -0.15) is 0 Å². The molecule has 1 atom stereocenters. The van der Waals surface area contributed by atoms with Crippen molar-refractivity contribution in [3.8, 4) is 0 Å². The van der Waals surface area contributed by atoms with Gasteiger partial charge in [0, 0.05) is 13.1 Å². The zero-order valence-corrected chi connectivity index (χ0v) is 12.5. The highest BCUT2D eigenvalue weighted by atomic mass is 35.5. The molecule has 1 aliphatic rings. The average molecular weight is 305 g/mol. The second-order valence-corrected chi connectivity index (χ2v) is 6.89. The van der Waals surface area contributed by atoms with Gasteiger partial charge in [0.05, 0.1) is 5.75 Å². The second kappa shape index (κ2) is 7.24. The van der Waals surface area contributed by atoms with Crippen LogP contribution in [0.2, 0.25) is 0 Å². The molecule has 0 aliphatic carbocycles. The number of sulfonamides is 1. The molecular weight excluding hydrogens is 284 g/mol. The smallest absolute Gasteiger partial charge is 0.214 e. The maximum Gasteiger partial charge on any atom is 0.214 e. The van der Waals surface area contributed by atoms with Gasteiger partial charge >= 0.3 is 0 Å². The van der Waals surface area contributed by atoms with E-state index in [9.17, 15) is 8.42 Å². The fraction of sp³-hybridized carbons (Fsp3) is 0.538. The molecular formula is C13H21ClN2O2S. The molecule has 108 valence electrons. The summed E-state index contributed by atoms with van der Waals surface area (Å²) >= 11 is 0. The fourth-order valence-corrected chi connectivity index (χ4v) is 3.84. The molecule has 0 spiro atoms. The van der Waals surface area contributed by atoms with E-state index in [1.165, 1.54) is 0 Å². The normalized spacial score (nSPS) is 20.2. The third-order valence-corrected chi connectivity index (χ3v) is 5.31. The first-order valence-corrected chi connectivity index (χ1v) is 7.94. The quantitative estimate of drug-likeness (QED) is 0.891.